The van der Waals surface area contributed by atoms with E-state index in [4.69, 9.17) is 0 Å². The van der Waals surface area contributed by atoms with E-state index in [0.717, 1.165) is 36.6 Å². The molecule has 7 heteroatoms. The normalized spacial score (nSPS) is 15.5. The minimum atomic E-state index is -4.31. The number of alkyl halides is 3. The molecule has 3 nitrogen and oxygen atoms in total. The van der Waals surface area contributed by atoms with Crippen LogP contribution in [0.25, 0.3) is 10.9 Å². The summed E-state index contributed by atoms with van der Waals surface area (Å²) in [6.07, 6.45) is -2.48. The van der Waals surface area contributed by atoms with Gasteiger partial charge in [0, 0.05) is 50.0 Å². The van der Waals surface area contributed by atoms with Crippen molar-refractivity contribution in [3.8, 4) is 0 Å². The topological polar surface area (TPSA) is 19.4 Å². The van der Waals surface area contributed by atoms with Crippen molar-refractivity contribution in [2.24, 2.45) is 0 Å². The Morgan fingerprint density at radius 3 is 2.39 bits per heavy atom. The van der Waals surface area contributed by atoms with Crippen LogP contribution in [0.1, 0.15) is 11.1 Å². The minimum absolute atomic E-state index is 0. The Morgan fingerprint density at radius 2 is 1.64 bits per heavy atom. The fourth-order valence-electron chi connectivity index (χ4n) is 3.58. The van der Waals surface area contributed by atoms with Gasteiger partial charge in [0.2, 0.25) is 0 Å². The van der Waals surface area contributed by atoms with E-state index in [1.807, 2.05) is 35.4 Å². The van der Waals surface area contributed by atoms with Crippen LogP contribution in [0.2, 0.25) is 0 Å². The number of hydrogen-bond acceptors (Lipinski definition) is 3. The third kappa shape index (κ3) is 4.39. The number of pyridine rings is 1. The zero-order chi connectivity index (χ0) is 18.9. The molecule has 148 valence electrons. The Labute approximate surface area is 168 Å². The molecule has 1 fully saturated rings. The second-order valence-corrected chi connectivity index (χ2v) is 6.80. The van der Waals surface area contributed by atoms with Crippen molar-refractivity contribution in [2.75, 3.05) is 31.1 Å². The van der Waals surface area contributed by atoms with Gasteiger partial charge in [0.05, 0.1) is 11.1 Å². The van der Waals surface area contributed by atoms with Gasteiger partial charge >= 0.3 is 6.18 Å². The summed E-state index contributed by atoms with van der Waals surface area (Å²) in [6.45, 7) is 3.87. The van der Waals surface area contributed by atoms with Crippen molar-refractivity contribution < 1.29 is 13.2 Å². The molecule has 0 radical (unpaired) electrons. The summed E-state index contributed by atoms with van der Waals surface area (Å²) in [7, 11) is 0. The number of para-hydroxylation sites is 1. The standard InChI is InChI=1S/C21H20F3N3.ClH/c22-21(23,24)17-4-3-5-18(14-17)27-12-10-26(11-13-27)15-16-8-9-25-20-7-2-1-6-19(16)20;/h1-9,14H,10-13,15H2;1H. The second kappa shape index (κ2) is 8.37. The molecule has 4 rings (SSSR count). The van der Waals surface area contributed by atoms with E-state index in [1.165, 1.54) is 17.7 Å². The number of benzene rings is 2. The van der Waals surface area contributed by atoms with Gasteiger partial charge < -0.3 is 4.90 Å². The molecule has 0 saturated carbocycles. The Bertz CT molecular complexity index is 932. The van der Waals surface area contributed by atoms with E-state index in [1.54, 1.807) is 6.07 Å². The van der Waals surface area contributed by atoms with Gasteiger partial charge in [-0.1, -0.05) is 24.3 Å². The quantitative estimate of drug-likeness (QED) is 0.609. The zero-order valence-electron chi connectivity index (χ0n) is 15.2. The van der Waals surface area contributed by atoms with Crippen LogP contribution >= 0.6 is 12.4 Å². The fourth-order valence-corrected chi connectivity index (χ4v) is 3.58. The van der Waals surface area contributed by atoms with Gasteiger partial charge in [0.25, 0.3) is 0 Å². The number of nitrogens with zero attached hydrogens (tertiary/aromatic N) is 3. The summed E-state index contributed by atoms with van der Waals surface area (Å²) >= 11 is 0. The summed E-state index contributed by atoms with van der Waals surface area (Å²) < 4.78 is 38.8. The first-order chi connectivity index (χ1) is 13.0. The van der Waals surface area contributed by atoms with E-state index in [0.29, 0.717) is 18.8 Å². The highest BCUT2D eigenvalue weighted by molar-refractivity contribution is 5.85. The third-order valence-electron chi connectivity index (χ3n) is 5.04. The molecule has 1 aromatic heterocycles. The van der Waals surface area contributed by atoms with Crippen LogP contribution in [0.15, 0.2) is 60.8 Å². The number of fused-ring (bicyclic) bond motifs is 1. The van der Waals surface area contributed by atoms with Gasteiger partial charge in [0.15, 0.2) is 0 Å². The highest BCUT2D eigenvalue weighted by atomic mass is 35.5. The predicted octanol–water partition coefficient (Wildman–Crippen LogP) is 5.00. The van der Waals surface area contributed by atoms with Crippen molar-refractivity contribution >= 4 is 29.0 Å². The molecule has 0 bridgehead atoms. The van der Waals surface area contributed by atoms with Gasteiger partial charge in [-0.15, -0.1) is 12.4 Å². The SMILES string of the molecule is Cl.FC(F)(F)c1cccc(N2CCN(Cc3ccnc4ccccc34)CC2)c1. The number of hydrogen-bond donors (Lipinski definition) is 0. The van der Waals surface area contributed by atoms with E-state index in [2.05, 4.69) is 16.0 Å². The lowest BCUT2D eigenvalue weighted by Crippen LogP contribution is -2.46. The average Bonchev–Trinajstić information content (AvgIpc) is 2.68. The van der Waals surface area contributed by atoms with Crippen LogP contribution in [0.4, 0.5) is 18.9 Å². The molecule has 3 aromatic rings. The molecule has 0 unspecified atom stereocenters. The molecule has 0 N–H and O–H groups in total. The Kier molecular flexibility index (Phi) is 6.10. The molecule has 0 amide bonds. The van der Waals surface area contributed by atoms with Gasteiger partial charge in [-0.05, 0) is 35.9 Å². The number of aromatic nitrogens is 1. The van der Waals surface area contributed by atoms with E-state index >= 15 is 0 Å². The molecule has 2 heterocycles. The fraction of sp³-hybridized carbons (Fsp3) is 0.286. The lowest BCUT2D eigenvalue weighted by atomic mass is 10.1. The maximum absolute atomic E-state index is 12.9. The molecular formula is C21H21ClF3N3. The molecule has 1 saturated heterocycles. The van der Waals surface area contributed by atoms with Gasteiger partial charge in [-0.2, -0.15) is 13.2 Å². The number of halogens is 4. The molecule has 0 aliphatic carbocycles. The first-order valence-electron chi connectivity index (χ1n) is 8.98. The van der Waals surface area contributed by atoms with Gasteiger partial charge in [0.1, 0.15) is 0 Å². The van der Waals surface area contributed by atoms with Crippen LogP contribution in [0, 0.1) is 0 Å². The van der Waals surface area contributed by atoms with Crippen molar-refractivity contribution in [3.05, 3.63) is 71.9 Å². The molecule has 0 atom stereocenters. The maximum Gasteiger partial charge on any atom is 0.416 e. The largest absolute Gasteiger partial charge is 0.416 e. The van der Waals surface area contributed by atoms with Crippen LogP contribution in [0.5, 0.6) is 0 Å². The second-order valence-electron chi connectivity index (χ2n) is 6.80. The molecule has 1 aliphatic heterocycles. The lowest BCUT2D eigenvalue weighted by molar-refractivity contribution is -0.137. The monoisotopic (exact) mass is 407 g/mol. The number of piperazine rings is 1. The average molecular weight is 408 g/mol. The first-order valence-corrected chi connectivity index (χ1v) is 8.98. The molecule has 28 heavy (non-hydrogen) atoms. The van der Waals surface area contributed by atoms with Crippen molar-refractivity contribution in [2.45, 2.75) is 12.7 Å². The van der Waals surface area contributed by atoms with Crippen LogP contribution in [0.3, 0.4) is 0 Å². The third-order valence-corrected chi connectivity index (χ3v) is 5.04. The highest BCUT2D eigenvalue weighted by Gasteiger charge is 2.31. The maximum atomic E-state index is 12.9. The van der Waals surface area contributed by atoms with E-state index in [9.17, 15) is 13.2 Å². The van der Waals surface area contributed by atoms with Crippen LogP contribution in [-0.2, 0) is 12.7 Å². The van der Waals surface area contributed by atoms with Crippen LogP contribution in [-0.4, -0.2) is 36.1 Å². The van der Waals surface area contributed by atoms with Crippen molar-refractivity contribution in [3.63, 3.8) is 0 Å². The van der Waals surface area contributed by atoms with E-state index < -0.39 is 11.7 Å². The molecule has 2 aromatic carbocycles. The summed E-state index contributed by atoms with van der Waals surface area (Å²) in [5.41, 5.74) is 2.26. The Balaban J connectivity index is 0.00000225. The summed E-state index contributed by atoms with van der Waals surface area (Å²) in [5.74, 6) is 0. The van der Waals surface area contributed by atoms with E-state index in [-0.39, 0.29) is 12.4 Å². The van der Waals surface area contributed by atoms with Crippen LogP contribution < -0.4 is 4.90 Å². The zero-order valence-corrected chi connectivity index (χ0v) is 16.0. The molecule has 1 aliphatic rings. The first kappa shape index (κ1) is 20.4. The van der Waals surface area contributed by atoms with Gasteiger partial charge in [-0.3, -0.25) is 9.88 Å². The highest BCUT2D eigenvalue weighted by Crippen LogP contribution is 2.32. The molecular weight excluding hydrogens is 387 g/mol. The Morgan fingerprint density at radius 1 is 0.893 bits per heavy atom. The van der Waals surface area contributed by atoms with Crippen molar-refractivity contribution in [1.82, 2.24) is 9.88 Å². The lowest BCUT2D eigenvalue weighted by Gasteiger charge is -2.36. The minimum Gasteiger partial charge on any atom is -0.369 e. The predicted molar refractivity (Wildman–Crippen MR) is 108 cm³/mol. The number of rotatable bonds is 3. The summed E-state index contributed by atoms with van der Waals surface area (Å²) in [5, 5.41) is 1.15. The molecule has 0 spiro atoms. The van der Waals surface area contributed by atoms with Crippen molar-refractivity contribution in [1.29, 1.82) is 0 Å². The number of anilines is 1. The van der Waals surface area contributed by atoms with Gasteiger partial charge in [-0.25, -0.2) is 0 Å². The summed E-state index contributed by atoms with van der Waals surface area (Å²) in [6, 6.07) is 15.7. The Hall–Kier alpha value is -2.31. The summed E-state index contributed by atoms with van der Waals surface area (Å²) in [4.78, 5) is 8.76. The smallest absolute Gasteiger partial charge is 0.369 e.